The molecule has 0 aromatic carbocycles. The highest BCUT2D eigenvalue weighted by Crippen LogP contribution is 2.24. The zero-order chi connectivity index (χ0) is 12.1. The first kappa shape index (κ1) is 13.6. The van der Waals surface area contributed by atoms with Crippen LogP contribution >= 0.6 is 39.5 Å². The van der Waals surface area contributed by atoms with Gasteiger partial charge in [-0.2, -0.15) is 0 Å². The van der Waals surface area contributed by atoms with E-state index < -0.39 is 0 Å². The Kier molecular flexibility index (Phi) is 5.37. The second-order valence-corrected chi connectivity index (χ2v) is 5.59. The minimum atomic E-state index is -0.0171. The van der Waals surface area contributed by atoms with Gasteiger partial charge in [0.1, 0.15) is 4.88 Å². The van der Waals surface area contributed by atoms with Crippen molar-refractivity contribution in [3.8, 4) is 0 Å². The standard InChI is InChI=1S/C10H13BrN2OS2/c1-2-4-13(6-8(12)15)10(14)9-7(11)3-5-16-9/h3,5H,2,4,6H2,1H3,(H2,12,15). The van der Waals surface area contributed by atoms with Gasteiger partial charge >= 0.3 is 0 Å². The van der Waals surface area contributed by atoms with Crippen LogP contribution in [0.3, 0.4) is 0 Å². The quantitative estimate of drug-likeness (QED) is 0.848. The maximum atomic E-state index is 12.1. The Labute approximate surface area is 113 Å². The largest absolute Gasteiger partial charge is 0.392 e. The van der Waals surface area contributed by atoms with Crippen LogP contribution in [-0.2, 0) is 0 Å². The summed E-state index contributed by atoms with van der Waals surface area (Å²) in [7, 11) is 0. The Morgan fingerprint density at radius 2 is 2.38 bits per heavy atom. The van der Waals surface area contributed by atoms with Crippen LogP contribution in [0.2, 0.25) is 0 Å². The minimum absolute atomic E-state index is 0.0171. The van der Waals surface area contributed by atoms with Crippen LogP contribution in [0.1, 0.15) is 23.0 Å². The van der Waals surface area contributed by atoms with E-state index in [0.29, 0.717) is 23.0 Å². The first-order valence-electron chi connectivity index (χ1n) is 4.86. The zero-order valence-corrected chi connectivity index (χ0v) is 12.1. The highest BCUT2D eigenvalue weighted by molar-refractivity contribution is 9.10. The number of halogens is 1. The number of hydrogen-bond acceptors (Lipinski definition) is 3. The van der Waals surface area contributed by atoms with Gasteiger partial charge in [0.05, 0.1) is 11.5 Å². The second kappa shape index (κ2) is 6.32. The summed E-state index contributed by atoms with van der Waals surface area (Å²) in [5.74, 6) is -0.0171. The molecule has 1 amide bonds. The van der Waals surface area contributed by atoms with E-state index in [4.69, 9.17) is 18.0 Å². The lowest BCUT2D eigenvalue weighted by Gasteiger charge is -2.20. The van der Waals surface area contributed by atoms with E-state index in [9.17, 15) is 4.79 Å². The molecule has 0 atom stereocenters. The summed E-state index contributed by atoms with van der Waals surface area (Å²) in [6.45, 7) is 3.02. The molecule has 1 rings (SSSR count). The number of carbonyl (C=O) groups is 1. The molecule has 0 saturated heterocycles. The number of carbonyl (C=O) groups excluding carboxylic acids is 1. The molecular formula is C10H13BrN2OS2. The molecule has 1 aromatic heterocycles. The molecule has 0 saturated carbocycles. The zero-order valence-electron chi connectivity index (χ0n) is 8.90. The third-order valence-corrected chi connectivity index (χ3v) is 3.89. The summed E-state index contributed by atoms with van der Waals surface area (Å²) in [6, 6.07) is 1.86. The summed E-state index contributed by atoms with van der Waals surface area (Å²) in [4.78, 5) is 14.9. The van der Waals surface area contributed by atoms with Gasteiger partial charge < -0.3 is 10.6 Å². The Balaban J connectivity index is 2.82. The normalized spacial score (nSPS) is 10.1. The molecule has 88 valence electrons. The van der Waals surface area contributed by atoms with Gasteiger partial charge in [-0.1, -0.05) is 19.1 Å². The molecule has 0 radical (unpaired) electrons. The van der Waals surface area contributed by atoms with Crippen molar-refractivity contribution in [2.75, 3.05) is 13.1 Å². The Hall–Kier alpha value is -0.460. The molecule has 0 spiro atoms. The summed E-state index contributed by atoms with van der Waals surface area (Å²) >= 11 is 9.61. The smallest absolute Gasteiger partial charge is 0.265 e. The fourth-order valence-corrected chi connectivity index (χ4v) is 2.96. The Morgan fingerprint density at radius 3 is 2.81 bits per heavy atom. The molecule has 0 aliphatic carbocycles. The van der Waals surface area contributed by atoms with Gasteiger partial charge in [0.15, 0.2) is 0 Å². The third-order valence-electron chi connectivity index (χ3n) is 1.94. The van der Waals surface area contributed by atoms with Crippen LogP contribution in [0.4, 0.5) is 0 Å². The summed E-state index contributed by atoms with van der Waals surface area (Å²) < 4.78 is 0.826. The summed E-state index contributed by atoms with van der Waals surface area (Å²) in [5.41, 5.74) is 5.48. The molecule has 0 aliphatic heterocycles. The van der Waals surface area contributed by atoms with E-state index in [0.717, 1.165) is 10.9 Å². The van der Waals surface area contributed by atoms with Crippen molar-refractivity contribution in [1.29, 1.82) is 0 Å². The molecule has 0 fully saturated rings. The lowest BCUT2D eigenvalue weighted by atomic mass is 10.3. The van der Waals surface area contributed by atoms with Crippen molar-refractivity contribution in [2.45, 2.75) is 13.3 Å². The summed E-state index contributed by atoms with van der Waals surface area (Å²) in [5, 5.41) is 1.88. The van der Waals surface area contributed by atoms with Crippen molar-refractivity contribution >= 4 is 50.4 Å². The second-order valence-electron chi connectivity index (χ2n) is 3.29. The first-order valence-corrected chi connectivity index (χ1v) is 6.95. The van der Waals surface area contributed by atoms with E-state index in [1.54, 1.807) is 4.90 Å². The van der Waals surface area contributed by atoms with Crippen molar-refractivity contribution in [2.24, 2.45) is 5.73 Å². The molecule has 0 aliphatic rings. The maximum absolute atomic E-state index is 12.1. The van der Waals surface area contributed by atoms with Crippen molar-refractivity contribution in [3.63, 3.8) is 0 Å². The number of nitrogens with two attached hydrogens (primary N) is 1. The average molecular weight is 321 g/mol. The van der Waals surface area contributed by atoms with Crippen LogP contribution in [0.25, 0.3) is 0 Å². The van der Waals surface area contributed by atoms with Gasteiger partial charge in [-0.25, -0.2) is 0 Å². The number of nitrogens with zero attached hydrogens (tertiary/aromatic N) is 1. The van der Waals surface area contributed by atoms with E-state index >= 15 is 0 Å². The van der Waals surface area contributed by atoms with Crippen LogP contribution in [0.5, 0.6) is 0 Å². The monoisotopic (exact) mass is 320 g/mol. The molecule has 16 heavy (non-hydrogen) atoms. The number of hydrogen-bond donors (Lipinski definition) is 1. The van der Waals surface area contributed by atoms with Gasteiger partial charge in [-0.15, -0.1) is 11.3 Å². The van der Waals surface area contributed by atoms with Crippen molar-refractivity contribution in [1.82, 2.24) is 4.90 Å². The van der Waals surface area contributed by atoms with E-state index in [-0.39, 0.29) is 5.91 Å². The fraction of sp³-hybridized carbons (Fsp3) is 0.400. The lowest BCUT2D eigenvalue weighted by Crippen LogP contribution is -2.38. The van der Waals surface area contributed by atoms with Gasteiger partial charge in [0, 0.05) is 11.0 Å². The average Bonchev–Trinajstić information content (AvgIpc) is 2.62. The SMILES string of the molecule is CCCN(CC(N)=S)C(=O)c1sccc1Br. The molecule has 1 heterocycles. The van der Waals surface area contributed by atoms with Crippen LogP contribution < -0.4 is 5.73 Å². The minimum Gasteiger partial charge on any atom is -0.392 e. The number of rotatable bonds is 5. The Morgan fingerprint density at radius 1 is 1.69 bits per heavy atom. The predicted octanol–water partition coefficient (Wildman–Crippen LogP) is 2.65. The van der Waals surface area contributed by atoms with E-state index in [1.807, 2.05) is 18.4 Å². The lowest BCUT2D eigenvalue weighted by molar-refractivity contribution is 0.0784. The van der Waals surface area contributed by atoms with Gasteiger partial charge in [-0.3, -0.25) is 4.79 Å². The third kappa shape index (κ3) is 3.54. The molecule has 0 unspecified atom stereocenters. The van der Waals surface area contributed by atoms with Crippen LogP contribution in [0.15, 0.2) is 15.9 Å². The molecular weight excluding hydrogens is 308 g/mol. The van der Waals surface area contributed by atoms with Crippen molar-refractivity contribution < 1.29 is 4.79 Å². The fourth-order valence-electron chi connectivity index (χ4n) is 1.30. The number of thiocarbonyl (C=S) groups is 1. The maximum Gasteiger partial charge on any atom is 0.265 e. The first-order chi connectivity index (χ1) is 7.56. The van der Waals surface area contributed by atoms with E-state index in [2.05, 4.69) is 15.9 Å². The Bertz CT molecular complexity index is 392. The molecule has 2 N–H and O–H groups in total. The molecule has 3 nitrogen and oxygen atoms in total. The van der Waals surface area contributed by atoms with Gasteiger partial charge in [0.2, 0.25) is 0 Å². The van der Waals surface area contributed by atoms with Gasteiger partial charge in [0.25, 0.3) is 5.91 Å². The van der Waals surface area contributed by atoms with Gasteiger partial charge in [-0.05, 0) is 33.8 Å². The number of amides is 1. The highest BCUT2D eigenvalue weighted by Gasteiger charge is 2.19. The predicted molar refractivity (Wildman–Crippen MR) is 75.0 cm³/mol. The molecule has 1 aromatic rings. The topological polar surface area (TPSA) is 46.3 Å². The van der Waals surface area contributed by atoms with E-state index in [1.165, 1.54) is 11.3 Å². The highest BCUT2D eigenvalue weighted by atomic mass is 79.9. The van der Waals surface area contributed by atoms with Crippen LogP contribution in [0, 0.1) is 0 Å². The molecule has 6 heteroatoms. The summed E-state index contributed by atoms with van der Waals surface area (Å²) in [6.07, 6.45) is 0.886. The molecule has 0 bridgehead atoms. The van der Waals surface area contributed by atoms with Crippen LogP contribution in [-0.4, -0.2) is 28.9 Å². The number of thiophene rings is 1. The van der Waals surface area contributed by atoms with Crippen molar-refractivity contribution in [3.05, 3.63) is 20.8 Å².